The lowest BCUT2D eigenvalue weighted by Crippen LogP contribution is -2.24. The topological polar surface area (TPSA) is 63.3 Å². The van der Waals surface area contributed by atoms with Crippen LogP contribution in [0.4, 0.5) is 0 Å². The molecule has 2 unspecified atom stereocenters. The Hall–Kier alpha value is -1.32. The van der Waals surface area contributed by atoms with Gasteiger partial charge in [0.2, 0.25) is 0 Å². The lowest BCUT2D eigenvalue weighted by Gasteiger charge is -2.10. The van der Waals surface area contributed by atoms with E-state index in [1.54, 1.807) is 13.0 Å². The molecule has 1 aliphatic carbocycles. The number of nitrogens with zero attached hydrogens (tertiary/aromatic N) is 1. The number of hydrogen-bond acceptors (Lipinski definition) is 3. The van der Waals surface area contributed by atoms with E-state index >= 15 is 0 Å². The minimum Gasteiger partial charge on any atom is -0.481 e. The van der Waals surface area contributed by atoms with E-state index in [-0.39, 0.29) is 5.92 Å². The zero-order chi connectivity index (χ0) is 11.2. The van der Waals surface area contributed by atoms with Crippen LogP contribution in [0.15, 0.2) is 10.6 Å². The summed E-state index contributed by atoms with van der Waals surface area (Å²) in [4.78, 5) is 11.3. The van der Waals surface area contributed by atoms with Crippen molar-refractivity contribution in [3.63, 3.8) is 0 Å². The first kappa shape index (κ1) is 10.2. The average Bonchev–Trinajstić information content (AvgIpc) is 2.78. The van der Waals surface area contributed by atoms with Crippen molar-refractivity contribution in [3.05, 3.63) is 17.5 Å². The highest BCUT2D eigenvalue weighted by atomic mass is 16.5. The predicted octanol–water partition coefficient (Wildman–Crippen LogP) is 1.98. The SMILES string of the molecule is Cc1cc(C2(C(=O)O)CC2C(C)C)no1. The molecule has 1 aliphatic rings. The number of aromatic nitrogens is 1. The van der Waals surface area contributed by atoms with Crippen molar-refractivity contribution in [2.45, 2.75) is 32.6 Å². The van der Waals surface area contributed by atoms with Crippen molar-refractivity contribution in [3.8, 4) is 0 Å². The molecule has 1 aromatic heterocycles. The van der Waals surface area contributed by atoms with Gasteiger partial charge < -0.3 is 9.63 Å². The molecule has 0 bridgehead atoms. The van der Waals surface area contributed by atoms with Crippen molar-refractivity contribution < 1.29 is 14.4 Å². The zero-order valence-corrected chi connectivity index (χ0v) is 9.15. The van der Waals surface area contributed by atoms with Crippen LogP contribution < -0.4 is 0 Å². The number of aliphatic carboxylic acids is 1. The van der Waals surface area contributed by atoms with Crippen LogP contribution in [0, 0.1) is 18.8 Å². The van der Waals surface area contributed by atoms with Gasteiger partial charge in [0.1, 0.15) is 16.9 Å². The summed E-state index contributed by atoms with van der Waals surface area (Å²) in [5, 5.41) is 13.2. The molecule has 0 saturated heterocycles. The second-order valence-corrected chi connectivity index (χ2v) is 4.65. The summed E-state index contributed by atoms with van der Waals surface area (Å²) in [6.07, 6.45) is 0.673. The van der Waals surface area contributed by atoms with Crippen LogP contribution in [0.3, 0.4) is 0 Å². The smallest absolute Gasteiger partial charge is 0.316 e. The van der Waals surface area contributed by atoms with Crippen LogP contribution in [0.1, 0.15) is 31.7 Å². The molecule has 15 heavy (non-hydrogen) atoms. The van der Waals surface area contributed by atoms with Gasteiger partial charge in [-0.15, -0.1) is 0 Å². The highest BCUT2D eigenvalue weighted by Gasteiger charge is 2.64. The summed E-state index contributed by atoms with van der Waals surface area (Å²) in [5.74, 6) is 0.423. The van der Waals surface area contributed by atoms with Crippen molar-refractivity contribution >= 4 is 5.97 Å². The van der Waals surface area contributed by atoms with Crippen LogP contribution >= 0.6 is 0 Å². The number of aryl methyl sites for hydroxylation is 1. The maximum Gasteiger partial charge on any atom is 0.316 e. The zero-order valence-electron chi connectivity index (χ0n) is 9.15. The highest BCUT2D eigenvalue weighted by Crippen LogP contribution is 2.57. The molecule has 2 atom stereocenters. The van der Waals surface area contributed by atoms with Crippen LogP contribution in [0.2, 0.25) is 0 Å². The summed E-state index contributed by atoms with van der Waals surface area (Å²) in [5.41, 5.74) is -0.211. The van der Waals surface area contributed by atoms with Crippen molar-refractivity contribution in [1.29, 1.82) is 0 Å². The van der Waals surface area contributed by atoms with Crippen LogP contribution in [-0.4, -0.2) is 16.2 Å². The van der Waals surface area contributed by atoms with E-state index in [0.29, 0.717) is 23.8 Å². The van der Waals surface area contributed by atoms with E-state index in [0.717, 1.165) is 0 Å². The Morgan fingerprint density at radius 3 is 2.73 bits per heavy atom. The first-order chi connectivity index (χ1) is 6.98. The maximum atomic E-state index is 11.3. The summed E-state index contributed by atoms with van der Waals surface area (Å²) in [6, 6.07) is 1.73. The fourth-order valence-corrected chi connectivity index (χ4v) is 2.32. The van der Waals surface area contributed by atoms with Gasteiger partial charge >= 0.3 is 5.97 Å². The first-order valence-electron chi connectivity index (χ1n) is 5.15. The molecule has 0 amide bonds. The van der Waals surface area contributed by atoms with E-state index in [1.807, 2.05) is 13.8 Å². The van der Waals surface area contributed by atoms with E-state index in [2.05, 4.69) is 5.16 Å². The number of rotatable bonds is 3. The predicted molar refractivity (Wildman–Crippen MR) is 53.5 cm³/mol. The van der Waals surface area contributed by atoms with Gasteiger partial charge in [-0.25, -0.2) is 0 Å². The van der Waals surface area contributed by atoms with E-state index in [4.69, 9.17) is 4.52 Å². The number of carboxylic acids is 1. The molecule has 4 nitrogen and oxygen atoms in total. The molecule has 0 aliphatic heterocycles. The van der Waals surface area contributed by atoms with Gasteiger partial charge in [0.05, 0.1) is 0 Å². The quantitative estimate of drug-likeness (QED) is 0.826. The Morgan fingerprint density at radius 2 is 2.40 bits per heavy atom. The third-order valence-electron chi connectivity index (χ3n) is 3.29. The third-order valence-corrected chi connectivity index (χ3v) is 3.29. The third kappa shape index (κ3) is 1.35. The Balaban J connectivity index is 2.35. The average molecular weight is 209 g/mol. The Bertz CT molecular complexity index is 396. The molecular formula is C11H15NO3. The van der Waals surface area contributed by atoms with Crippen molar-refractivity contribution in [2.75, 3.05) is 0 Å². The Morgan fingerprint density at radius 1 is 1.73 bits per heavy atom. The van der Waals surface area contributed by atoms with Crippen molar-refractivity contribution in [1.82, 2.24) is 5.16 Å². The molecular weight excluding hydrogens is 194 g/mol. The molecule has 2 rings (SSSR count). The molecule has 82 valence electrons. The first-order valence-corrected chi connectivity index (χ1v) is 5.15. The van der Waals surface area contributed by atoms with Crippen LogP contribution in [-0.2, 0) is 10.2 Å². The van der Waals surface area contributed by atoms with E-state index < -0.39 is 11.4 Å². The standard InChI is InChI=1S/C11H15NO3/c1-6(2)8-5-11(8,10(13)14)9-4-7(3)15-12-9/h4,6,8H,5H2,1-3H3,(H,13,14). The normalized spacial score (nSPS) is 29.5. The van der Waals surface area contributed by atoms with Gasteiger partial charge in [0.25, 0.3) is 0 Å². The summed E-state index contributed by atoms with van der Waals surface area (Å²) in [7, 11) is 0. The Kier molecular flexibility index (Phi) is 2.10. The molecule has 0 spiro atoms. The van der Waals surface area contributed by atoms with Crippen LogP contribution in [0.5, 0.6) is 0 Å². The minimum absolute atomic E-state index is 0.180. The number of carboxylic acid groups (broad SMARTS) is 1. The van der Waals surface area contributed by atoms with Gasteiger partial charge in [-0.1, -0.05) is 19.0 Å². The molecule has 4 heteroatoms. The van der Waals surface area contributed by atoms with Crippen molar-refractivity contribution in [2.24, 2.45) is 11.8 Å². The van der Waals surface area contributed by atoms with E-state index in [1.165, 1.54) is 0 Å². The molecule has 0 aromatic carbocycles. The van der Waals surface area contributed by atoms with Gasteiger partial charge in [-0.05, 0) is 25.2 Å². The van der Waals surface area contributed by atoms with Gasteiger partial charge in [0.15, 0.2) is 0 Å². The van der Waals surface area contributed by atoms with Gasteiger partial charge in [-0.3, -0.25) is 4.79 Å². The second kappa shape index (κ2) is 3.08. The minimum atomic E-state index is -0.786. The summed E-state index contributed by atoms with van der Waals surface area (Å²) >= 11 is 0. The summed E-state index contributed by atoms with van der Waals surface area (Å²) in [6.45, 7) is 5.86. The molecule has 1 heterocycles. The second-order valence-electron chi connectivity index (χ2n) is 4.65. The molecule has 1 N–H and O–H groups in total. The Labute approximate surface area is 88.3 Å². The monoisotopic (exact) mass is 209 g/mol. The fraction of sp³-hybridized carbons (Fsp3) is 0.636. The molecule has 1 fully saturated rings. The maximum absolute atomic E-state index is 11.3. The number of carbonyl (C=O) groups is 1. The van der Waals surface area contributed by atoms with E-state index in [9.17, 15) is 9.90 Å². The molecule has 0 radical (unpaired) electrons. The van der Waals surface area contributed by atoms with Gasteiger partial charge in [0, 0.05) is 6.07 Å². The summed E-state index contributed by atoms with van der Waals surface area (Å²) < 4.78 is 4.96. The van der Waals surface area contributed by atoms with Crippen LogP contribution in [0.25, 0.3) is 0 Å². The highest BCUT2D eigenvalue weighted by molar-refractivity contribution is 5.85. The molecule has 1 aromatic rings. The number of hydrogen-bond donors (Lipinski definition) is 1. The lowest BCUT2D eigenvalue weighted by molar-refractivity contribution is -0.140. The largest absolute Gasteiger partial charge is 0.481 e. The fourth-order valence-electron chi connectivity index (χ4n) is 2.32. The molecule has 1 saturated carbocycles. The van der Waals surface area contributed by atoms with Gasteiger partial charge in [-0.2, -0.15) is 0 Å². The lowest BCUT2D eigenvalue weighted by atomic mass is 9.94.